The molecule has 1 aliphatic rings. The molecule has 2 aromatic carbocycles. The van der Waals surface area contributed by atoms with Gasteiger partial charge >= 0.3 is 5.97 Å². The lowest BCUT2D eigenvalue weighted by atomic mass is 9.96. The summed E-state index contributed by atoms with van der Waals surface area (Å²) in [5, 5.41) is 0. The van der Waals surface area contributed by atoms with Gasteiger partial charge in [0.15, 0.2) is 0 Å². The Morgan fingerprint density at radius 2 is 1.82 bits per heavy atom. The largest absolute Gasteiger partial charge is 0.461 e. The molecule has 3 rings (SSSR count). The Balaban J connectivity index is 1.76. The second-order valence-electron chi connectivity index (χ2n) is 7.64. The smallest absolute Gasteiger partial charge is 0.310 e. The van der Waals surface area contributed by atoms with Gasteiger partial charge in [0.1, 0.15) is 18.2 Å². The molecule has 0 amide bonds. The van der Waals surface area contributed by atoms with Crippen LogP contribution < -0.4 is 0 Å². The van der Waals surface area contributed by atoms with Gasteiger partial charge in [0.25, 0.3) is 0 Å². The lowest BCUT2D eigenvalue weighted by molar-refractivity contribution is -0.147. The van der Waals surface area contributed by atoms with E-state index >= 15 is 0 Å². The summed E-state index contributed by atoms with van der Waals surface area (Å²) >= 11 is 6.68. The zero-order chi connectivity index (χ0) is 20.6. The molecule has 0 bridgehead atoms. The van der Waals surface area contributed by atoms with E-state index in [-0.39, 0.29) is 29.8 Å². The zero-order valence-corrected chi connectivity index (χ0v) is 18.9. The number of esters is 1. The Bertz CT molecular complexity index is 929. The molecule has 1 aliphatic carbocycles. The van der Waals surface area contributed by atoms with Gasteiger partial charge in [-0.3, -0.25) is 4.79 Å². The molecule has 0 saturated heterocycles. The van der Waals surface area contributed by atoms with Crippen LogP contribution in [0.4, 0.5) is 8.78 Å². The first kappa shape index (κ1) is 21.2. The maximum atomic E-state index is 13.6. The highest BCUT2D eigenvalue weighted by Gasteiger charge is 2.61. The molecule has 2 atom stereocenters. The molecule has 0 spiro atoms. The van der Waals surface area contributed by atoms with Crippen molar-refractivity contribution in [1.82, 2.24) is 0 Å². The maximum absolute atomic E-state index is 13.6. The van der Waals surface area contributed by atoms with Crippen molar-refractivity contribution in [2.24, 2.45) is 17.3 Å². The van der Waals surface area contributed by atoms with Crippen LogP contribution in [0.5, 0.6) is 0 Å². The molecule has 28 heavy (non-hydrogen) atoms. The number of hydrogen-bond donors (Lipinski definition) is 0. The Morgan fingerprint density at radius 1 is 1.18 bits per heavy atom. The summed E-state index contributed by atoms with van der Waals surface area (Å²) in [5.41, 5.74) is 2.65. The van der Waals surface area contributed by atoms with Gasteiger partial charge in [0, 0.05) is 6.07 Å². The van der Waals surface area contributed by atoms with Crippen molar-refractivity contribution in [3.8, 4) is 11.1 Å². The summed E-state index contributed by atoms with van der Waals surface area (Å²) in [6.45, 7) is 6.05. The molecule has 2 nitrogen and oxygen atoms in total. The highest BCUT2D eigenvalue weighted by Crippen LogP contribution is 2.60. The number of rotatable bonds is 5. The maximum Gasteiger partial charge on any atom is 0.310 e. The Labute approximate surface area is 180 Å². The van der Waals surface area contributed by atoms with Gasteiger partial charge in [-0.25, -0.2) is 8.78 Å². The van der Waals surface area contributed by atoms with Crippen LogP contribution in [0.2, 0.25) is 0 Å². The summed E-state index contributed by atoms with van der Waals surface area (Å²) in [6, 6.07) is 8.88. The summed E-state index contributed by atoms with van der Waals surface area (Å²) in [5.74, 6) is -1.58. The van der Waals surface area contributed by atoms with Crippen molar-refractivity contribution in [2.75, 3.05) is 0 Å². The number of hydrogen-bond acceptors (Lipinski definition) is 2. The summed E-state index contributed by atoms with van der Waals surface area (Å²) < 4.78 is 33.5. The molecule has 0 unspecified atom stereocenters. The minimum absolute atomic E-state index is 0.108. The van der Waals surface area contributed by atoms with Gasteiger partial charge in [-0.05, 0) is 84.5 Å². The fraction of sp³-hybridized carbons (Fsp3) is 0.318. The van der Waals surface area contributed by atoms with Gasteiger partial charge in [0.05, 0.1) is 9.31 Å². The fourth-order valence-electron chi connectivity index (χ4n) is 3.68. The number of carbonyl (C=O) groups is 1. The van der Waals surface area contributed by atoms with Crippen LogP contribution in [0.3, 0.4) is 0 Å². The Morgan fingerprint density at radius 3 is 2.43 bits per heavy atom. The highest BCUT2D eigenvalue weighted by atomic mass is 79.9. The minimum Gasteiger partial charge on any atom is -0.461 e. The van der Waals surface area contributed by atoms with Crippen LogP contribution in [0.25, 0.3) is 11.1 Å². The average Bonchev–Trinajstić information content (AvgIpc) is 3.12. The lowest BCUT2D eigenvalue weighted by Gasteiger charge is -2.13. The Kier molecular flexibility index (Phi) is 6.11. The number of benzene rings is 2. The molecule has 1 saturated carbocycles. The van der Waals surface area contributed by atoms with Crippen molar-refractivity contribution in [3.05, 3.63) is 68.6 Å². The highest BCUT2D eigenvalue weighted by molar-refractivity contribution is 9.28. The van der Waals surface area contributed by atoms with Crippen molar-refractivity contribution in [2.45, 2.75) is 27.4 Å². The average molecular weight is 514 g/mol. The number of carbonyl (C=O) groups excluding carboxylic acids is 1. The van der Waals surface area contributed by atoms with Gasteiger partial charge in [0.2, 0.25) is 0 Å². The van der Waals surface area contributed by atoms with E-state index in [4.69, 9.17) is 4.74 Å². The van der Waals surface area contributed by atoms with Crippen LogP contribution >= 0.6 is 31.9 Å². The predicted molar refractivity (Wildman–Crippen MR) is 113 cm³/mol. The van der Waals surface area contributed by atoms with Gasteiger partial charge in [-0.15, -0.1) is 0 Å². The Hall–Kier alpha value is -1.53. The van der Waals surface area contributed by atoms with Crippen molar-refractivity contribution in [1.29, 1.82) is 0 Å². The third-order valence-electron chi connectivity index (χ3n) is 5.46. The molecule has 0 N–H and O–H groups in total. The molecule has 0 aliphatic heterocycles. The minimum atomic E-state index is -0.626. The predicted octanol–water partition coefficient (Wildman–Crippen LogP) is 6.89. The van der Waals surface area contributed by atoms with E-state index < -0.39 is 11.6 Å². The third-order valence-corrected chi connectivity index (χ3v) is 5.99. The molecular weight excluding hydrogens is 494 g/mol. The summed E-state index contributed by atoms with van der Waals surface area (Å²) in [7, 11) is 0. The quantitative estimate of drug-likeness (QED) is 0.407. The van der Waals surface area contributed by atoms with E-state index in [1.165, 1.54) is 12.1 Å². The van der Waals surface area contributed by atoms with E-state index in [1.807, 2.05) is 32.9 Å². The first-order valence-corrected chi connectivity index (χ1v) is 10.4. The summed E-state index contributed by atoms with van der Waals surface area (Å²) in [4.78, 5) is 12.6. The van der Waals surface area contributed by atoms with Crippen LogP contribution in [-0.4, -0.2) is 5.97 Å². The molecular formula is C22H20Br2F2O2. The van der Waals surface area contributed by atoms with E-state index in [0.29, 0.717) is 11.1 Å². The fourth-order valence-corrected chi connectivity index (χ4v) is 4.24. The van der Waals surface area contributed by atoms with Gasteiger partial charge in [-0.1, -0.05) is 38.1 Å². The standard InChI is InChI=1S/C22H20Br2F2O2/c1-12-13(5-4-6-17(12)14-7-15(25)9-16(26)8-14)11-28-21(27)20-18(10-19(23)24)22(20,2)3/h4-10,18,20H,11H2,1-3H3/t18-,20-/m0/s1. The molecule has 0 aromatic heterocycles. The van der Waals surface area contributed by atoms with Crippen LogP contribution in [-0.2, 0) is 16.1 Å². The van der Waals surface area contributed by atoms with E-state index in [0.717, 1.165) is 20.6 Å². The lowest BCUT2D eigenvalue weighted by Crippen LogP contribution is -2.11. The molecule has 0 radical (unpaired) electrons. The second-order valence-corrected chi connectivity index (χ2v) is 10.4. The zero-order valence-electron chi connectivity index (χ0n) is 15.7. The normalized spacial score (nSPS) is 19.8. The first-order chi connectivity index (χ1) is 13.1. The van der Waals surface area contributed by atoms with Crippen molar-refractivity contribution >= 4 is 37.8 Å². The molecule has 6 heteroatoms. The molecule has 0 heterocycles. The monoisotopic (exact) mass is 512 g/mol. The number of halogens is 4. The van der Waals surface area contributed by atoms with Gasteiger partial charge < -0.3 is 4.74 Å². The van der Waals surface area contributed by atoms with Crippen LogP contribution in [0.15, 0.2) is 45.9 Å². The van der Waals surface area contributed by atoms with Crippen LogP contribution in [0, 0.1) is 35.8 Å². The SMILES string of the molecule is Cc1c(COC(=O)[C@@H]2[C@H](C=C(Br)Br)C2(C)C)cccc1-c1cc(F)cc(F)c1. The molecule has 148 valence electrons. The molecule has 2 aromatic rings. The third kappa shape index (κ3) is 4.38. The van der Waals surface area contributed by atoms with Gasteiger partial charge in [-0.2, -0.15) is 0 Å². The van der Waals surface area contributed by atoms with Crippen molar-refractivity contribution in [3.63, 3.8) is 0 Å². The number of allylic oxidation sites excluding steroid dienone is 1. The summed E-state index contributed by atoms with van der Waals surface area (Å²) in [6.07, 6.45) is 1.97. The van der Waals surface area contributed by atoms with E-state index in [2.05, 4.69) is 31.9 Å². The molecule has 1 fully saturated rings. The topological polar surface area (TPSA) is 26.3 Å². The second kappa shape index (κ2) is 8.07. The van der Waals surface area contributed by atoms with E-state index in [9.17, 15) is 13.6 Å². The van der Waals surface area contributed by atoms with E-state index in [1.54, 1.807) is 12.1 Å². The van der Waals surface area contributed by atoms with Crippen LogP contribution in [0.1, 0.15) is 25.0 Å². The first-order valence-electron chi connectivity index (χ1n) is 8.85. The number of ether oxygens (including phenoxy) is 1. The van der Waals surface area contributed by atoms with Crippen molar-refractivity contribution < 1.29 is 18.3 Å².